The minimum atomic E-state index is -0.372. The maximum Gasteiger partial charge on any atom is 0.341 e. The second kappa shape index (κ2) is 11.1. The lowest BCUT2D eigenvalue weighted by atomic mass is 9.95. The van der Waals surface area contributed by atoms with Gasteiger partial charge in [-0.15, -0.1) is 11.3 Å². The first-order chi connectivity index (χ1) is 18.1. The summed E-state index contributed by atoms with van der Waals surface area (Å²) in [6.45, 7) is 4.82. The Hall–Kier alpha value is -3.71. The SMILES string of the molecule is CCCOc1ccc(-c2cc(C(=O)Nc3sc4c(c3C(=O)OCC)CCCC4)c3ccccc3n2)cc1. The van der Waals surface area contributed by atoms with Gasteiger partial charge in [-0.05, 0) is 81.0 Å². The highest BCUT2D eigenvalue weighted by molar-refractivity contribution is 7.17. The lowest BCUT2D eigenvalue weighted by Crippen LogP contribution is -2.16. The topological polar surface area (TPSA) is 77.5 Å². The van der Waals surface area contributed by atoms with Crippen LogP contribution in [0.2, 0.25) is 0 Å². The molecule has 0 radical (unpaired) electrons. The Labute approximate surface area is 220 Å². The van der Waals surface area contributed by atoms with E-state index in [1.54, 1.807) is 6.92 Å². The Kier molecular flexibility index (Phi) is 7.51. The number of ether oxygens (including phenoxy) is 2. The fourth-order valence-electron chi connectivity index (χ4n) is 4.70. The highest BCUT2D eigenvalue weighted by Gasteiger charge is 2.28. The average molecular weight is 515 g/mol. The normalized spacial score (nSPS) is 12.7. The number of aryl methyl sites for hydroxylation is 1. The molecule has 1 aliphatic rings. The fourth-order valence-corrected chi connectivity index (χ4v) is 5.97. The smallest absolute Gasteiger partial charge is 0.341 e. The number of para-hydroxylation sites is 1. The van der Waals surface area contributed by atoms with Crippen LogP contribution in [-0.2, 0) is 17.6 Å². The number of nitrogens with one attached hydrogen (secondary N) is 1. The zero-order valence-corrected chi connectivity index (χ0v) is 22.0. The molecule has 0 atom stereocenters. The molecule has 37 heavy (non-hydrogen) atoms. The molecule has 0 saturated heterocycles. The van der Waals surface area contributed by atoms with Gasteiger partial charge >= 0.3 is 5.97 Å². The van der Waals surface area contributed by atoms with E-state index in [1.807, 2.05) is 54.6 Å². The summed E-state index contributed by atoms with van der Waals surface area (Å²) in [5.41, 5.74) is 4.36. The second-order valence-electron chi connectivity index (χ2n) is 9.03. The number of carbonyl (C=O) groups is 2. The molecule has 0 spiro atoms. The van der Waals surface area contributed by atoms with E-state index < -0.39 is 0 Å². The molecule has 2 aromatic heterocycles. The van der Waals surface area contributed by atoms with Gasteiger partial charge in [-0.1, -0.05) is 25.1 Å². The summed E-state index contributed by atoms with van der Waals surface area (Å²) in [6, 6.07) is 17.2. The van der Waals surface area contributed by atoms with Crippen molar-refractivity contribution < 1.29 is 19.1 Å². The third kappa shape index (κ3) is 5.23. The number of anilines is 1. The number of pyridine rings is 1. The van der Waals surface area contributed by atoms with E-state index in [4.69, 9.17) is 14.5 Å². The van der Waals surface area contributed by atoms with E-state index in [-0.39, 0.29) is 18.5 Å². The highest BCUT2D eigenvalue weighted by Crippen LogP contribution is 2.39. The molecular formula is C30H30N2O4S. The van der Waals surface area contributed by atoms with Crippen LogP contribution in [0.5, 0.6) is 5.75 Å². The van der Waals surface area contributed by atoms with Crippen LogP contribution in [0.1, 0.15) is 64.3 Å². The van der Waals surface area contributed by atoms with Gasteiger partial charge in [-0.25, -0.2) is 9.78 Å². The zero-order valence-electron chi connectivity index (χ0n) is 21.1. The Bertz CT molecular complexity index is 1440. The summed E-state index contributed by atoms with van der Waals surface area (Å²) in [4.78, 5) is 32.6. The zero-order chi connectivity index (χ0) is 25.8. The number of amides is 1. The van der Waals surface area contributed by atoms with Crippen LogP contribution in [-0.4, -0.2) is 30.1 Å². The summed E-state index contributed by atoms with van der Waals surface area (Å²) in [6.07, 6.45) is 4.81. The summed E-state index contributed by atoms with van der Waals surface area (Å²) < 4.78 is 11.1. The minimum absolute atomic E-state index is 0.271. The number of nitrogens with zero attached hydrogens (tertiary/aromatic N) is 1. The molecule has 1 N–H and O–H groups in total. The van der Waals surface area contributed by atoms with Crippen LogP contribution in [0.4, 0.5) is 5.00 Å². The molecular weight excluding hydrogens is 484 g/mol. The van der Waals surface area contributed by atoms with Gasteiger partial charge in [0.15, 0.2) is 0 Å². The Morgan fingerprint density at radius 2 is 1.81 bits per heavy atom. The predicted octanol–water partition coefficient (Wildman–Crippen LogP) is 7.06. The van der Waals surface area contributed by atoms with Crippen molar-refractivity contribution in [1.29, 1.82) is 0 Å². The van der Waals surface area contributed by atoms with E-state index in [0.29, 0.717) is 28.4 Å². The molecule has 2 aromatic carbocycles. The van der Waals surface area contributed by atoms with Gasteiger partial charge in [-0.2, -0.15) is 0 Å². The number of fused-ring (bicyclic) bond motifs is 2. The van der Waals surface area contributed by atoms with E-state index in [2.05, 4.69) is 12.2 Å². The lowest BCUT2D eigenvalue weighted by Gasteiger charge is -2.13. The molecule has 1 aliphatic carbocycles. The van der Waals surface area contributed by atoms with E-state index in [9.17, 15) is 9.59 Å². The number of hydrogen-bond acceptors (Lipinski definition) is 6. The maximum absolute atomic E-state index is 13.7. The standard InChI is InChI=1S/C30H30N2O4S/c1-3-17-36-20-15-13-19(14-16-20)25-18-23(21-9-5-7-11-24(21)31-25)28(33)32-29-27(30(34)35-4-2)22-10-6-8-12-26(22)37-29/h5,7,9,11,13-16,18H,3-4,6,8,10,12,17H2,1-2H3,(H,32,33). The summed E-state index contributed by atoms with van der Waals surface area (Å²) >= 11 is 1.49. The summed E-state index contributed by atoms with van der Waals surface area (Å²) in [5, 5.41) is 4.38. The Balaban J connectivity index is 1.52. The quantitative estimate of drug-likeness (QED) is 0.255. The molecule has 2 heterocycles. The second-order valence-corrected chi connectivity index (χ2v) is 10.1. The molecule has 0 saturated carbocycles. The average Bonchev–Trinajstić information content (AvgIpc) is 3.29. The highest BCUT2D eigenvalue weighted by atomic mass is 32.1. The first-order valence-electron chi connectivity index (χ1n) is 12.8. The van der Waals surface area contributed by atoms with Crippen LogP contribution in [0.25, 0.3) is 22.2 Å². The van der Waals surface area contributed by atoms with Gasteiger partial charge in [-0.3, -0.25) is 4.79 Å². The van der Waals surface area contributed by atoms with Gasteiger partial charge in [0.2, 0.25) is 0 Å². The third-order valence-corrected chi connectivity index (χ3v) is 7.67. The number of rotatable bonds is 8. The first-order valence-corrected chi connectivity index (χ1v) is 13.7. The van der Waals surface area contributed by atoms with Crippen molar-refractivity contribution in [2.24, 2.45) is 0 Å². The van der Waals surface area contributed by atoms with Crippen molar-refractivity contribution in [3.05, 3.63) is 76.2 Å². The first kappa shape index (κ1) is 25.0. The molecule has 6 nitrogen and oxygen atoms in total. The summed E-state index contributed by atoms with van der Waals surface area (Å²) in [7, 11) is 0. The number of thiophene rings is 1. The fraction of sp³-hybridized carbons (Fsp3) is 0.300. The van der Waals surface area contributed by atoms with Gasteiger partial charge < -0.3 is 14.8 Å². The Morgan fingerprint density at radius 3 is 2.59 bits per heavy atom. The van der Waals surface area contributed by atoms with E-state index >= 15 is 0 Å². The molecule has 0 aliphatic heterocycles. The van der Waals surface area contributed by atoms with Crippen molar-refractivity contribution in [2.45, 2.75) is 46.0 Å². The minimum Gasteiger partial charge on any atom is -0.494 e. The lowest BCUT2D eigenvalue weighted by molar-refractivity contribution is 0.0526. The largest absolute Gasteiger partial charge is 0.494 e. The molecule has 190 valence electrons. The molecule has 0 fully saturated rings. The molecule has 0 bridgehead atoms. The van der Waals surface area contributed by atoms with Gasteiger partial charge in [0.25, 0.3) is 5.91 Å². The molecule has 1 amide bonds. The van der Waals surface area contributed by atoms with Crippen LogP contribution in [0.3, 0.4) is 0 Å². The van der Waals surface area contributed by atoms with E-state index in [0.717, 1.165) is 64.8 Å². The van der Waals surface area contributed by atoms with Crippen LogP contribution in [0, 0.1) is 0 Å². The monoisotopic (exact) mass is 514 g/mol. The van der Waals surface area contributed by atoms with Crippen molar-refractivity contribution in [2.75, 3.05) is 18.5 Å². The van der Waals surface area contributed by atoms with E-state index in [1.165, 1.54) is 11.3 Å². The molecule has 4 aromatic rings. The van der Waals surface area contributed by atoms with Crippen molar-refractivity contribution in [1.82, 2.24) is 4.98 Å². The number of esters is 1. The van der Waals surface area contributed by atoms with Crippen molar-refractivity contribution in [3.8, 4) is 17.0 Å². The predicted molar refractivity (Wildman–Crippen MR) is 148 cm³/mol. The van der Waals surface area contributed by atoms with Crippen molar-refractivity contribution in [3.63, 3.8) is 0 Å². The van der Waals surface area contributed by atoms with Gasteiger partial charge in [0, 0.05) is 15.8 Å². The maximum atomic E-state index is 13.7. The molecule has 5 rings (SSSR count). The number of hydrogen-bond donors (Lipinski definition) is 1. The number of aromatic nitrogens is 1. The van der Waals surface area contributed by atoms with Crippen LogP contribution < -0.4 is 10.1 Å². The van der Waals surface area contributed by atoms with Crippen molar-refractivity contribution >= 4 is 39.1 Å². The number of carbonyl (C=O) groups excluding carboxylic acids is 2. The molecule has 0 unspecified atom stereocenters. The van der Waals surface area contributed by atoms with Gasteiger partial charge in [0.1, 0.15) is 10.8 Å². The Morgan fingerprint density at radius 1 is 1.03 bits per heavy atom. The summed E-state index contributed by atoms with van der Waals surface area (Å²) in [5.74, 6) is 0.160. The molecule has 7 heteroatoms. The van der Waals surface area contributed by atoms with Crippen LogP contribution >= 0.6 is 11.3 Å². The van der Waals surface area contributed by atoms with Gasteiger partial charge in [0.05, 0.1) is 35.6 Å². The third-order valence-electron chi connectivity index (χ3n) is 6.46. The number of benzene rings is 2. The van der Waals surface area contributed by atoms with Crippen LogP contribution in [0.15, 0.2) is 54.6 Å².